The van der Waals surface area contributed by atoms with Crippen molar-refractivity contribution in [3.63, 3.8) is 0 Å². The molecule has 0 aliphatic heterocycles. The highest BCUT2D eigenvalue weighted by Crippen LogP contribution is 2.14. The first-order valence-electron chi connectivity index (χ1n) is 7.81. The number of halogens is 1. The molecule has 1 N–H and O–H groups in total. The Labute approximate surface area is 145 Å². The molecular formula is C18H19ClN4O. The first-order chi connectivity index (χ1) is 11.4. The van der Waals surface area contributed by atoms with Crippen molar-refractivity contribution in [2.75, 3.05) is 0 Å². The van der Waals surface area contributed by atoms with Crippen molar-refractivity contribution in [3.05, 3.63) is 64.1 Å². The second-order valence-corrected chi connectivity index (χ2v) is 6.48. The molecule has 0 aliphatic rings. The van der Waals surface area contributed by atoms with E-state index in [4.69, 9.17) is 11.6 Å². The molecule has 0 fully saturated rings. The van der Waals surface area contributed by atoms with Crippen LogP contribution in [0.3, 0.4) is 0 Å². The highest BCUT2D eigenvalue weighted by atomic mass is 35.5. The number of aromatic nitrogens is 3. The summed E-state index contributed by atoms with van der Waals surface area (Å²) in [6, 6.07) is 9.56. The summed E-state index contributed by atoms with van der Waals surface area (Å²) in [5.41, 5.74) is 3.96. The molecule has 0 aliphatic carbocycles. The number of carbonyl (C=O) groups excluding carboxylic acids is 1. The van der Waals surface area contributed by atoms with Crippen LogP contribution in [0.2, 0.25) is 5.02 Å². The van der Waals surface area contributed by atoms with E-state index in [1.807, 2.05) is 51.1 Å². The van der Waals surface area contributed by atoms with Crippen LogP contribution in [0.15, 0.2) is 36.5 Å². The third kappa shape index (κ3) is 3.41. The van der Waals surface area contributed by atoms with Gasteiger partial charge in [0.05, 0.1) is 6.20 Å². The predicted octanol–water partition coefficient (Wildman–Crippen LogP) is 3.36. The van der Waals surface area contributed by atoms with Crippen molar-refractivity contribution in [2.24, 2.45) is 0 Å². The van der Waals surface area contributed by atoms with Gasteiger partial charge in [-0.1, -0.05) is 23.7 Å². The first-order valence-corrected chi connectivity index (χ1v) is 8.19. The molecule has 2 heterocycles. The third-order valence-corrected chi connectivity index (χ3v) is 4.07. The molecule has 24 heavy (non-hydrogen) atoms. The Balaban J connectivity index is 1.77. The van der Waals surface area contributed by atoms with E-state index in [9.17, 15) is 4.79 Å². The number of carbonyl (C=O) groups is 1. The van der Waals surface area contributed by atoms with E-state index in [0.29, 0.717) is 22.7 Å². The van der Waals surface area contributed by atoms with Crippen LogP contribution in [-0.2, 0) is 6.42 Å². The molecule has 0 radical (unpaired) electrons. The molecule has 1 atom stereocenters. The summed E-state index contributed by atoms with van der Waals surface area (Å²) in [5.74, 6) is -0.169. The highest BCUT2D eigenvalue weighted by Gasteiger charge is 2.17. The van der Waals surface area contributed by atoms with Crippen LogP contribution in [0.4, 0.5) is 0 Å². The zero-order valence-electron chi connectivity index (χ0n) is 13.9. The van der Waals surface area contributed by atoms with Crippen molar-refractivity contribution in [1.82, 2.24) is 19.9 Å². The topological polar surface area (TPSA) is 59.3 Å². The molecule has 1 unspecified atom stereocenters. The number of aryl methyl sites for hydroxylation is 2. The van der Waals surface area contributed by atoms with Crippen LogP contribution < -0.4 is 5.32 Å². The Morgan fingerprint density at radius 2 is 2.12 bits per heavy atom. The smallest absolute Gasteiger partial charge is 0.256 e. The molecule has 6 heteroatoms. The maximum Gasteiger partial charge on any atom is 0.256 e. The molecule has 1 aromatic carbocycles. The van der Waals surface area contributed by atoms with Gasteiger partial charge in [-0.3, -0.25) is 4.79 Å². The molecular weight excluding hydrogens is 324 g/mol. The fourth-order valence-corrected chi connectivity index (χ4v) is 3.01. The van der Waals surface area contributed by atoms with E-state index >= 15 is 0 Å². The molecule has 3 aromatic rings. The van der Waals surface area contributed by atoms with Gasteiger partial charge in [-0.25, -0.2) is 9.50 Å². The Bertz CT molecular complexity index is 903. The van der Waals surface area contributed by atoms with E-state index in [1.54, 1.807) is 10.7 Å². The monoisotopic (exact) mass is 342 g/mol. The van der Waals surface area contributed by atoms with E-state index < -0.39 is 0 Å². The van der Waals surface area contributed by atoms with Crippen LogP contribution in [-0.4, -0.2) is 26.5 Å². The lowest BCUT2D eigenvalue weighted by Crippen LogP contribution is -2.34. The third-order valence-electron chi connectivity index (χ3n) is 3.83. The van der Waals surface area contributed by atoms with E-state index in [1.165, 1.54) is 0 Å². The summed E-state index contributed by atoms with van der Waals surface area (Å²) >= 11 is 6.00. The summed E-state index contributed by atoms with van der Waals surface area (Å²) in [6.45, 7) is 5.82. The Kier molecular flexibility index (Phi) is 4.53. The van der Waals surface area contributed by atoms with Crippen LogP contribution in [0, 0.1) is 13.8 Å². The fourth-order valence-electron chi connectivity index (χ4n) is 2.80. The summed E-state index contributed by atoms with van der Waals surface area (Å²) < 4.78 is 1.68. The maximum absolute atomic E-state index is 12.6. The fraction of sp³-hybridized carbons (Fsp3) is 0.278. The zero-order valence-corrected chi connectivity index (χ0v) is 14.6. The number of amides is 1. The minimum Gasteiger partial charge on any atom is -0.349 e. The van der Waals surface area contributed by atoms with Crippen molar-refractivity contribution in [1.29, 1.82) is 0 Å². The number of hydrogen-bond donors (Lipinski definition) is 1. The molecule has 3 rings (SSSR count). The van der Waals surface area contributed by atoms with Crippen LogP contribution in [0.25, 0.3) is 5.65 Å². The van der Waals surface area contributed by atoms with Gasteiger partial charge in [-0.15, -0.1) is 0 Å². The van der Waals surface area contributed by atoms with Crippen LogP contribution in [0.1, 0.15) is 34.2 Å². The maximum atomic E-state index is 12.6. The van der Waals surface area contributed by atoms with Gasteiger partial charge < -0.3 is 5.32 Å². The van der Waals surface area contributed by atoms with Gasteiger partial charge in [0, 0.05) is 22.5 Å². The molecule has 1 amide bonds. The van der Waals surface area contributed by atoms with Gasteiger partial charge in [0.1, 0.15) is 5.56 Å². The van der Waals surface area contributed by atoms with Crippen molar-refractivity contribution in [2.45, 2.75) is 33.2 Å². The Morgan fingerprint density at radius 1 is 1.33 bits per heavy atom. The van der Waals surface area contributed by atoms with E-state index in [2.05, 4.69) is 15.4 Å². The zero-order chi connectivity index (χ0) is 17.3. The van der Waals surface area contributed by atoms with Crippen LogP contribution in [0.5, 0.6) is 0 Å². The normalized spacial score (nSPS) is 12.3. The minimum absolute atomic E-state index is 0.0307. The quantitative estimate of drug-likeness (QED) is 0.791. The van der Waals surface area contributed by atoms with Gasteiger partial charge in [0.15, 0.2) is 5.65 Å². The molecule has 0 bridgehead atoms. The number of fused-ring (bicyclic) bond motifs is 1. The highest BCUT2D eigenvalue weighted by molar-refractivity contribution is 6.30. The molecule has 2 aromatic heterocycles. The number of rotatable bonds is 4. The van der Waals surface area contributed by atoms with Gasteiger partial charge in [0.25, 0.3) is 5.91 Å². The molecule has 0 saturated carbocycles. The molecule has 0 saturated heterocycles. The van der Waals surface area contributed by atoms with E-state index in [0.717, 1.165) is 17.0 Å². The average molecular weight is 343 g/mol. The van der Waals surface area contributed by atoms with E-state index in [-0.39, 0.29) is 11.9 Å². The molecule has 0 spiro atoms. The minimum atomic E-state index is -0.169. The lowest BCUT2D eigenvalue weighted by molar-refractivity contribution is 0.0941. The summed E-state index contributed by atoms with van der Waals surface area (Å²) in [5, 5.41) is 7.96. The predicted molar refractivity (Wildman–Crippen MR) is 94.5 cm³/mol. The number of nitrogens with one attached hydrogen (secondary N) is 1. The first kappa shape index (κ1) is 16.5. The lowest BCUT2D eigenvalue weighted by atomic mass is 10.1. The lowest BCUT2D eigenvalue weighted by Gasteiger charge is -2.13. The number of nitrogens with zero attached hydrogens (tertiary/aromatic N) is 3. The van der Waals surface area contributed by atoms with Crippen molar-refractivity contribution >= 4 is 23.2 Å². The standard InChI is InChI=1S/C18H19ClN4O/c1-11-7-13(3)23-17(21-11)16(10-20-23)18(24)22-12(2)8-14-5-4-6-15(19)9-14/h4-7,9-10,12H,8H2,1-3H3,(H,22,24). The average Bonchev–Trinajstić information content (AvgIpc) is 2.91. The Hall–Kier alpha value is -2.40. The summed E-state index contributed by atoms with van der Waals surface area (Å²) in [7, 11) is 0. The Morgan fingerprint density at radius 3 is 2.88 bits per heavy atom. The van der Waals surface area contributed by atoms with Crippen molar-refractivity contribution < 1.29 is 4.79 Å². The second-order valence-electron chi connectivity index (χ2n) is 6.04. The van der Waals surface area contributed by atoms with Gasteiger partial charge in [0.2, 0.25) is 0 Å². The van der Waals surface area contributed by atoms with Gasteiger partial charge in [-0.2, -0.15) is 5.10 Å². The largest absolute Gasteiger partial charge is 0.349 e. The van der Waals surface area contributed by atoms with Crippen LogP contribution >= 0.6 is 11.6 Å². The number of hydrogen-bond acceptors (Lipinski definition) is 3. The summed E-state index contributed by atoms with van der Waals surface area (Å²) in [4.78, 5) is 17.0. The SMILES string of the molecule is Cc1cc(C)n2ncc(C(=O)NC(C)Cc3cccc(Cl)c3)c2n1. The molecule has 5 nitrogen and oxygen atoms in total. The number of benzene rings is 1. The van der Waals surface area contributed by atoms with Crippen molar-refractivity contribution in [3.8, 4) is 0 Å². The second kappa shape index (κ2) is 6.61. The van der Waals surface area contributed by atoms with Gasteiger partial charge >= 0.3 is 0 Å². The summed E-state index contributed by atoms with van der Waals surface area (Å²) in [6.07, 6.45) is 2.27. The molecule has 124 valence electrons. The van der Waals surface area contributed by atoms with Gasteiger partial charge in [-0.05, 0) is 51.0 Å².